The number of morpholine rings is 1. The Labute approximate surface area is 187 Å². The minimum absolute atomic E-state index is 0.0882. The summed E-state index contributed by atoms with van der Waals surface area (Å²) in [4.78, 5) is 23.2. The zero-order valence-corrected chi connectivity index (χ0v) is 19.1. The normalized spacial score (nSPS) is 14.9. The molecule has 5 nitrogen and oxygen atoms in total. The average Bonchev–Trinajstić information content (AvgIpc) is 3.16. The number of hydrogen-bond donors (Lipinski definition) is 0. The Morgan fingerprint density at radius 1 is 1.21 bits per heavy atom. The molecule has 0 unspecified atom stereocenters. The lowest BCUT2D eigenvalue weighted by atomic mass is 10.3. The van der Waals surface area contributed by atoms with Crippen LogP contribution >= 0.6 is 39.0 Å². The minimum Gasteiger partial charge on any atom is -0.379 e. The molecule has 1 aromatic heterocycles. The number of ether oxygens (including phenoxy) is 1. The molecule has 29 heavy (non-hydrogen) atoms. The molecule has 0 aliphatic carbocycles. The molecule has 0 saturated carbocycles. The van der Waals surface area contributed by atoms with Crippen LogP contribution in [0.1, 0.15) is 0 Å². The van der Waals surface area contributed by atoms with Crippen LogP contribution in [0, 0.1) is 0 Å². The Hall–Kier alpha value is -1.45. The lowest BCUT2D eigenvalue weighted by molar-refractivity contribution is -0.116. The number of nitrogens with zero attached hydrogens (tertiary/aromatic N) is 3. The van der Waals surface area contributed by atoms with E-state index in [4.69, 9.17) is 9.72 Å². The van der Waals surface area contributed by atoms with Crippen molar-refractivity contribution in [3.63, 3.8) is 0 Å². The van der Waals surface area contributed by atoms with Gasteiger partial charge in [-0.05, 0) is 30.3 Å². The fourth-order valence-electron chi connectivity index (χ4n) is 3.13. The van der Waals surface area contributed by atoms with Gasteiger partial charge in [-0.15, -0.1) is 11.8 Å². The largest absolute Gasteiger partial charge is 0.379 e. The van der Waals surface area contributed by atoms with Crippen LogP contribution in [-0.4, -0.2) is 60.9 Å². The Morgan fingerprint density at radius 3 is 2.79 bits per heavy atom. The van der Waals surface area contributed by atoms with Gasteiger partial charge in [0.15, 0.2) is 5.13 Å². The highest BCUT2D eigenvalue weighted by Crippen LogP contribution is 2.31. The van der Waals surface area contributed by atoms with E-state index in [2.05, 4.69) is 26.9 Å². The number of rotatable bonds is 7. The maximum atomic E-state index is 13.2. The van der Waals surface area contributed by atoms with Crippen molar-refractivity contribution >= 4 is 60.3 Å². The molecular weight excluding hydrogens is 470 g/mol. The van der Waals surface area contributed by atoms with E-state index >= 15 is 0 Å². The quantitative estimate of drug-likeness (QED) is 0.454. The SMILES string of the molecule is O=C(CSc1ccccc1)N(CCN1CCOCC1)c1nc2ccc(Br)cc2s1. The van der Waals surface area contributed by atoms with Crippen LogP contribution in [0.15, 0.2) is 57.9 Å². The van der Waals surface area contributed by atoms with Gasteiger partial charge in [0, 0.05) is 35.5 Å². The molecule has 1 aliphatic heterocycles. The second-order valence-corrected chi connectivity index (χ2v) is 9.68. The highest BCUT2D eigenvalue weighted by atomic mass is 79.9. The number of carbonyl (C=O) groups is 1. The van der Waals surface area contributed by atoms with Crippen molar-refractivity contribution in [1.29, 1.82) is 0 Å². The van der Waals surface area contributed by atoms with Crippen molar-refractivity contribution in [3.8, 4) is 0 Å². The minimum atomic E-state index is 0.0882. The second kappa shape index (κ2) is 10.0. The number of thioether (sulfide) groups is 1. The first kappa shape index (κ1) is 20.8. The number of amides is 1. The topological polar surface area (TPSA) is 45.7 Å². The maximum Gasteiger partial charge on any atom is 0.239 e. The molecule has 2 aromatic carbocycles. The molecule has 1 aliphatic rings. The zero-order valence-electron chi connectivity index (χ0n) is 15.9. The summed E-state index contributed by atoms with van der Waals surface area (Å²) in [5.74, 6) is 0.484. The van der Waals surface area contributed by atoms with Gasteiger partial charge in [-0.25, -0.2) is 4.98 Å². The van der Waals surface area contributed by atoms with E-state index in [1.165, 1.54) is 0 Å². The van der Waals surface area contributed by atoms with Gasteiger partial charge in [0.2, 0.25) is 5.91 Å². The van der Waals surface area contributed by atoms with Crippen molar-refractivity contribution < 1.29 is 9.53 Å². The van der Waals surface area contributed by atoms with Gasteiger partial charge < -0.3 is 4.74 Å². The molecule has 0 N–H and O–H groups in total. The highest BCUT2D eigenvalue weighted by Gasteiger charge is 2.21. The van der Waals surface area contributed by atoms with Gasteiger partial charge in [-0.1, -0.05) is 45.5 Å². The van der Waals surface area contributed by atoms with E-state index in [0.717, 1.165) is 57.6 Å². The van der Waals surface area contributed by atoms with Gasteiger partial charge in [0.05, 0.1) is 29.2 Å². The van der Waals surface area contributed by atoms with Crippen molar-refractivity contribution in [2.45, 2.75) is 4.90 Å². The Balaban J connectivity index is 1.51. The monoisotopic (exact) mass is 491 g/mol. The van der Waals surface area contributed by atoms with Crippen molar-refractivity contribution in [3.05, 3.63) is 53.0 Å². The molecule has 152 valence electrons. The van der Waals surface area contributed by atoms with Crippen molar-refractivity contribution in [2.75, 3.05) is 50.0 Å². The summed E-state index contributed by atoms with van der Waals surface area (Å²) in [7, 11) is 0. The lowest BCUT2D eigenvalue weighted by Crippen LogP contribution is -2.43. The number of thiazole rings is 1. The summed E-state index contributed by atoms with van der Waals surface area (Å²) in [6.07, 6.45) is 0. The molecule has 1 saturated heterocycles. The van der Waals surface area contributed by atoms with Gasteiger partial charge >= 0.3 is 0 Å². The van der Waals surface area contributed by atoms with Gasteiger partial charge in [-0.3, -0.25) is 14.6 Å². The van der Waals surface area contributed by atoms with E-state index in [1.54, 1.807) is 23.1 Å². The lowest BCUT2D eigenvalue weighted by Gasteiger charge is -2.29. The smallest absolute Gasteiger partial charge is 0.239 e. The Kier molecular flexibility index (Phi) is 7.20. The summed E-state index contributed by atoms with van der Waals surface area (Å²) in [6.45, 7) is 4.79. The van der Waals surface area contributed by atoms with E-state index in [0.29, 0.717) is 12.3 Å². The average molecular weight is 492 g/mol. The summed E-state index contributed by atoms with van der Waals surface area (Å²) in [5, 5.41) is 0.769. The third kappa shape index (κ3) is 5.58. The molecule has 0 atom stereocenters. The highest BCUT2D eigenvalue weighted by molar-refractivity contribution is 9.10. The van der Waals surface area contributed by atoms with Crippen LogP contribution in [0.4, 0.5) is 5.13 Å². The summed E-state index contributed by atoms with van der Waals surface area (Å²) < 4.78 is 7.53. The summed E-state index contributed by atoms with van der Waals surface area (Å²) in [6, 6.07) is 16.1. The molecular formula is C21H22BrN3O2S2. The van der Waals surface area contributed by atoms with Crippen LogP contribution in [0.25, 0.3) is 10.2 Å². The summed E-state index contributed by atoms with van der Waals surface area (Å²) in [5.41, 5.74) is 0.924. The fraction of sp³-hybridized carbons (Fsp3) is 0.333. The molecule has 1 fully saturated rings. The predicted octanol–water partition coefficient (Wildman–Crippen LogP) is 4.52. The first-order chi connectivity index (χ1) is 14.2. The second-order valence-electron chi connectivity index (χ2n) is 6.71. The standard InChI is InChI=1S/C21H22BrN3O2S2/c22-16-6-7-18-19(14-16)29-21(23-18)25(9-8-24-10-12-27-13-11-24)20(26)15-28-17-4-2-1-3-5-17/h1-7,14H,8-13,15H2. The van der Waals surface area contributed by atoms with E-state index in [1.807, 2.05) is 47.4 Å². The zero-order chi connectivity index (χ0) is 20.1. The number of hydrogen-bond acceptors (Lipinski definition) is 6. The number of carbonyl (C=O) groups excluding carboxylic acids is 1. The fourth-order valence-corrected chi connectivity index (χ4v) is 5.49. The number of anilines is 1. The van der Waals surface area contributed by atoms with E-state index in [-0.39, 0.29) is 5.91 Å². The van der Waals surface area contributed by atoms with Gasteiger partial charge in [0.25, 0.3) is 0 Å². The maximum absolute atomic E-state index is 13.2. The summed E-state index contributed by atoms with van der Waals surface area (Å²) >= 11 is 6.65. The third-order valence-corrected chi connectivity index (χ3v) is 7.25. The Morgan fingerprint density at radius 2 is 2.00 bits per heavy atom. The van der Waals surface area contributed by atoms with Gasteiger partial charge in [0.1, 0.15) is 0 Å². The number of aromatic nitrogens is 1. The number of benzene rings is 2. The number of fused-ring (bicyclic) bond motifs is 1. The molecule has 0 spiro atoms. The van der Waals surface area contributed by atoms with Crippen molar-refractivity contribution in [1.82, 2.24) is 9.88 Å². The predicted molar refractivity (Wildman–Crippen MR) is 124 cm³/mol. The van der Waals surface area contributed by atoms with Gasteiger partial charge in [-0.2, -0.15) is 0 Å². The molecule has 0 bridgehead atoms. The molecule has 8 heteroatoms. The molecule has 4 rings (SSSR count). The van der Waals surface area contributed by atoms with Crippen LogP contribution in [-0.2, 0) is 9.53 Å². The number of halogens is 1. The van der Waals surface area contributed by atoms with E-state index in [9.17, 15) is 4.79 Å². The van der Waals surface area contributed by atoms with E-state index < -0.39 is 0 Å². The van der Waals surface area contributed by atoms with Crippen LogP contribution < -0.4 is 4.90 Å². The molecule has 2 heterocycles. The third-order valence-electron chi connectivity index (χ3n) is 4.72. The first-order valence-corrected chi connectivity index (χ1v) is 12.1. The Bertz CT molecular complexity index is 961. The van der Waals surface area contributed by atoms with Crippen molar-refractivity contribution in [2.24, 2.45) is 0 Å². The van der Waals surface area contributed by atoms with Crippen LogP contribution in [0.2, 0.25) is 0 Å². The molecule has 0 radical (unpaired) electrons. The molecule has 1 amide bonds. The first-order valence-electron chi connectivity index (χ1n) is 9.53. The van der Waals surface area contributed by atoms with Crippen LogP contribution in [0.3, 0.4) is 0 Å². The van der Waals surface area contributed by atoms with Crippen LogP contribution in [0.5, 0.6) is 0 Å². The molecule has 3 aromatic rings.